The molecule has 4 aliphatic rings. The largest absolute Gasteiger partial charge is 0.505 e. The number of hydrogen-bond donors (Lipinski definition) is 1. The predicted molar refractivity (Wildman–Crippen MR) is 113 cm³/mol. The van der Waals surface area contributed by atoms with Crippen LogP contribution in [0.1, 0.15) is 54.4 Å². The number of hydrogen-bond acceptors (Lipinski definition) is 3. The highest BCUT2D eigenvalue weighted by molar-refractivity contribution is 5.86. The van der Waals surface area contributed by atoms with Gasteiger partial charge in [0.15, 0.2) is 11.6 Å². The van der Waals surface area contributed by atoms with Crippen LogP contribution in [0.25, 0.3) is 11.1 Å². The number of benzene rings is 2. The van der Waals surface area contributed by atoms with Crippen LogP contribution in [-0.2, 0) is 5.41 Å². The van der Waals surface area contributed by atoms with Gasteiger partial charge in [0.2, 0.25) is 0 Å². The van der Waals surface area contributed by atoms with Gasteiger partial charge in [-0.15, -0.1) is 0 Å². The molecule has 4 fully saturated rings. The maximum Gasteiger partial charge on any atom is 0.165 e. The van der Waals surface area contributed by atoms with Crippen LogP contribution in [0.3, 0.4) is 0 Å². The van der Waals surface area contributed by atoms with Crippen LogP contribution in [-0.4, -0.2) is 25.5 Å². The second-order valence-electron chi connectivity index (χ2n) is 9.84. The molecular formula is C25H28FNO2. The first-order valence-electron chi connectivity index (χ1n) is 10.7. The summed E-state index contributed by atoms with van der Waals surface area (Å²) in [5.41, 5.74) is 3.74. The molecule has 152 valence electrons. The van der Waals surface area contributed by atoms with Gasteiger partial charge in [-0.05, 0) is 97.6 Å². The Morgan fingerprint density at radius 1 is 1.03 bits per heavy atom. The van der Waals surface area contributed by atoms with Gasteiger partial charge in [0.05, 0.1) is 0 Å². The van der Waals surface area contributed by atoms with E-state index < -0.39 is 5.82 Å². The Kier molecular flexibility index (Phi) is 4.23. The van der Waals surface area contributed by atoms with Gasteiger partial charge < -0.3 is 10.0 Å². The molecule has 1 N–H and O–H groups in total. The first kappa shape index (κ1) is 18.7. The molecule has 6 rings (SSSR count). The zero-order valence-corrected chi connectivity index (χ0v) is 17.1. The molecule has 3 nitrogen and oxygen atoms in total. The normalized spacial score (nSPS) is 29.8. The molecule has 0 spiro atoms. The molecule has 0 radical (unpaired) electrons. The van der Waals surface area contributed by atoms with E-state index in [0.29, 0.717) is 23.3 Å². The third-order valence-corrected chi connectivity index (χ3v) is 7.62. The van der Waals surface area contributed by atoms with Gasteiger partial charge >= 0.3 is 0 Å². The lowest BCUT2D eigenvalue weighted by atomic mass is 9.48. The maximum absolute atomic E-state index is 15.0. The Morgan fingerprint density at radius 2 is 1.66 bits per heavy atom. The fourth-order valence-electron chi connectivity index (χ4n) is 6.85. The number of aldehydes is 1. The monoisotopic (exact) mass is 393 g/mol. The average Bonchev–Trinajstić information content (AvgIpc) is 2.68. The van der Waals surface area contributed by atoms with E-state index in [1.54, 1.807) is 6.07 Å². The van der Waals surface area contributed by atoms with E-state index in [-0.39, 0.29) is 11.2 Å². The Balaban J connectivity index is 1.67. The van der Waals surface area contributed by atoms with Crippen LogP contribution in [0.5, 0.6) is 5.75 Å². The summed E-state index contributed by atoms with van der Waals surface area (Å²) in [6.07, 6.45) is 7.90. The number of halogens is 1. The number of nitrogens with zero attached hydrogens (tertiary/aromatic N) is 1. The van der Waals surface area contributed by atoms with E-state index in [1.807, 2.05) is 37.2 Å². The molecule has 0 heterocycles. The summed E-state index contributed by atoms with van der Waals surface area (Å²) in [4.78, 5) is 13.3. The minimum atomic E-state index is -0.561. The van der Waals surface area contributed by atoms with Gasteiger partial charge in [0.1, 0.15) is 6.29 Å². The van der Waals surface area contributed by atoms with Crippen LogP contribution < -0.4 is 4.90 Å². The van der Waals surface area contributed by atoms with E-state index in [1.165, 1.54) is 25.3 Å². The minimum Gasteiger partial charge on any atom is -0.505 e. The van der Waals surface area contributed by atoms with Crippen molar-refractivity contribution in [2.24, 2.45) is 17.8 Å². The van der Waals surface area contributed by atoms with Gasteiger partial charge in [-0.3, -0.25) is 4.79 Å². The van der Waals surface area contributed by atoms with Crippen molar-refractivity contribution in [1.82, 2.24) is 0 Å². The molecule has 0 saturated heterocycles. The summed E-state index contributed by atoms with van der Waals surface area (Å²) in [6, 6.07) is 8.91. The molecule has 2 aromatic carbocycles. The first-order valence-corrected chi connectivity index (χ1v) is 10.7. The van der Waals surface area contributed by atoms with E-state index in [9.17, 15) is 14.3 Å². The molecule has 2 aromatic rings. The van der Waals surface area contributed by atoms with Crippen LogP contribution in [0.15, 0.2) is 30.3 Å². The summed E-state index contributed by atoms with van der Waals surface area (Å²) < 4.78 is 15.0. The molecule has 4 saturated carbocycles. The van der Waals surface area contributed by atoms with Crippen molar-refractivity contribution in [3.05, 3.63) is 47.3 Å². The number of aromatic hydroxyl groups is 1. The fourth-order valence-corrected chi connectivity index (χ4v) is 6.85. The SMILES string of the molecule is CN(C)c1ccc(C=O)cc1-c1cc(F)c(O)c(C23CC4CC(CC(C4)C2)C3)c1. The molecule has 0 amide bonds. The van der Waals surface area contributed by atoms with Crippen molar-refractivity contribution in [3.8, 4) is 16.9 Å². The molecule has 4 bridgehead atoms. The highest BCUT2D eigenvalue weighted by Crippen LogP contribution is 2.62. The standard InChI is InChI=1S/C25H28FNO2/c1-27(2)23-4-3-15(14-28)8-20(23)19-9-21(24(29)22(26)10-19)25-11-16-5-17(12-25)7-18(6-16)13-25/h3-4,8-10,14,16-18,29H,5-7,11-13H2,1-2H3. The fraction of sp³-hybridized carbons (Fsp3) is 0.480. The maximum atomic E-state index is 15.0. The van der Waals surface area contributed by atoms with Crippen molar-refractivity contribution in [3.63, 3.8) is 0 Å². The molecule has 0 aliphatic heterocycles. The van der Waals surface area contributed by atoms with Crippen molar-refractivity contribution in [1.29, 1.82) is 0 Å². The molecule has 4 aliphatic carbocycles. The number of rotatable bonds is 4. The molecule has 0 atom stereocenters. The number of phenolic OH excluding ortho intramolecular Hbond substituents is 1. The average molecular weight is 394 g/mol. The van der Waals surface area contributed by atoms with Gasteiger partial charge in [-0.1, -0.05) is 0 Å². The molecule has 0 aromatic heterocycles. The lowest BCUT2D eigenvalue weighted by Crippen LogP contribution is -2.48. The Hall–Kier alpha value is -2.36. The van der Waals surface area contributed by atoms with Crippen molar-refractivity contribution in [2.45, 2.75) is 43.9 Å². The lowest BCUT2D eigenvalue weighted by molar-refractivity contribution is -0.00632. The van der Waals surface area contributed by atoms with Gasteiger partial charge in [0, 0.05) is 36.5 Å². The quantitative estimate of drug-likeness (QED) is 0.693. The number of anilines is 1. The smallest absolute Gasteiger partial charge is 0.165 e. The lowest BCUT2D eigenvalue weighted by Gasteiger charge is -2.57. The van der Waals surface area contributed by atoms with E-state index in [4.69, 9.17) is 0 Å². The summed E-state index contributed by atoms with van der Waals surface area (Å²) in [7, 11) is 3.88. The Bertz CT molecular complexity index is 946. The van der Waals surface area contributed by atoms with Crippen LogP contribution in [0.2, 0.25) is 0 Å². The van der Waals surface area contributed by atoms with Crippen molar-refractivity contribution < 1.29 is 14.3 Å². The van der Waals surface area contributed by atoms with Crippen molar-refractivity contribution in [2.75, 3.05) is 19.0 Å². The van der Waals surface area contributed by atoms with E-state index >= 15 is 0 Å². The van der Waals surface area contributed by atoms with E-state index in [0.717, 1.165) is 47.9 Å². The highest BCUT2D eigenvalue weighted by Gasteiger charge is 2.52. The van der Waals surface area contributed by atoms with E-state index in [2.05, 4.69) is 0 Å². The number of carbonyl (C=O) groups excluding carboxylic acids is 1. The minimum absolute atomic E-state index is 0.101. The Labute approximate surface area is 171 Å². The van der Waals surface area contributed by atoms with Crippen molar-refractivity contribution >= 4 is 12.0 Å². The van der Waals surface area contributed by atoms with Gasteiger partial charge in [-0.25, -0.2) is 4.39 Å². The summed E-state index contributed by atoms with van der Waals surface area (Å²) in [6.45, 7) is 0. The zero-order valence-electron chi connectivity index (χ0n) is 17.1. The number of carbonyl (C=O) groups is 1. The summed E-state index contributed by atoms with van der Waals surface area (Å²) in [5, 5.41) is 10.8. The topological polar surface area (TPSA) is 40.5 Å². The van der Waals surface area contributed by atoms with Crippen LogP contribution >= 0.6 is 0 Å². The molecular weight excluding hydrogens is 365 g/mol. The summed E-state index contributed by atoms with van der Waals surface area (Å²) in [5.74, 6) is 1.40. The zero-order chi connectivity index (χ0) is 20.3. The third-order valence-electron chi connectivity index (χ3n) is 7.62. The second-order valence-corrected chi connectivity index (χ2v) is 9.84. The first-order chi connectivity index (χ1) is 13.9. The van der Waals surface area contributed by atoms with Gasteiger partial charge in [-0.2, -0.15) is 0 Å². The third kappa shape index (κ3) is 2.95. The Morgan fingerprint density at radius 3 is 2.21 bits per heavy atom. The van der Waals surface area contributed by atoms with Gasteiger partial charge in [0.25, 0.3) is 0 Å². The molecule has 29 heavy (non-hydrogen) atoms. The van der Waals surface area contributed by atoms with Crippen LogP contribution in [0.4, 0.5) is 10.1 Å². The van der Waals surface area contributed by atoms with Crippen LogP contribution in [0, 0.1) is 23.6 Å². The number of phenols is 1. The molecule has 0 unspecified atom stereocenters. The highest BCUT2D eigenvalue weighted by atomic mass is 19.1. The summed E-state index contributed by atoms with van der Waals surface area (Å²) >= 11 is 0. The second kappa shape index (κ2) is 6.58. The molecule has 4 heteroatoms. The predicted octanol–water partition coefficient (Wildman–Crippen LogP) is 5.54.